The Morgan fingerprint density at radius 2 is 1.58 bits per heavy atom. The van der Waals surface area contributed by atoms with E-state index >= 15 is 0 Å². The average molecular weight is 643 g/mol. The minimum absolute atomic E-state index is 0.228. The first-order valence-corrected chi connectivity index (χ1v) is 14.4. The summed E-state index contributed by atoms with van der Waals surface area (Å²) in [5, 5.41) is 0. The highest BCUT2D eigenvalue weighted by Gasteiger charge is 2.74. The first-order valence-electron chi connectivity index (χ1n) is 13.0. The summed E-state index contributed by atoms with van der Waals surface area (Å²) in [5.74, 6) is -2.53. The molecule has 0 radical (unpaired) electrons. The lowest BCUT2D eigenvalue weighted by Gasteiger charge is -2.43. The fourth-order valence-corrected chi connectivity index (χ4v) is 8.97. The number of amides is 2. The number of hydrogen-bond acceptors (Lipinski definition) is 4. The Balaban J connectivity index is 1.68. The second-order valence-electron chi connectivity index (χ2n) is 10.9. The quantitative estimate of drug-likeness (QED) is 0.352. The number of benzene rings is 2. The number of carbonyl (C=O) groups excluding carboxylic acids is 2. The molecule has 0 N–H and O–H groups in total. The summed E-state index contributed by atoms with van der Waals surface area (Å²) in [7, 11) is -3.47. The molecular weight excluding hydrogens is 619 g/mol. The van der Waals surface area contributed by atoms with E-state index in [1.165, 1.54) is 7.05 Å². The van der Waals surface area contributed by atoms with Crippen LogP contribution in [0.5, 0.6) is 0 Å². The predicted octanol–water partition coefficient (Wildman–Crippen LogP) is 4.90. The van der Waals surface area contributed by atoms with Crippen LogP contribution in [0, 0.1) is 5.82 Å². The summed E-state index contributed by atoms with van der Waals surface area (Å²) >= 11 is 0. The van der Waals surface area contributed by atoms with Gasteiger partial charge in [-0.2, -0.15) is 26.3 Å². The maximum absolute atomic E-state index is 14.9. The van der Waals surface area contributed by atoms with Gasteiger partial charge < -0.3 is 9.80 Å². The first-order chi connectivity index (χ1) is 19.8. The maximum atomic E-state index is 14.9. The zero-order chi connectivity index (χ0) is 31.9. The number of likely N-dealkylation sites (tertiary alicyclic amines) is 2. The number of fused-ring (bicyclic) bond motifs is 3. The van der Waals surface area contributed by atoms with Crippen molar-refractivity contribution >= 4 is 21.7 Å². The van der Waals surface area contributed by atoms with Gasteiger partial charge in [0, 0.05) is 25.6 Å². The second-order valence-corrected chi connectivity index (χ2v) is 13.1. The van der Waals surface area contributed by atoms with E-state index < -0.39 is 91.8 Å². The zero-order valence-electron chi connectivity index (χ0n) is 22.1. The smallest absolute Gasteiger partial charge is 0.336 e. The van der Waals surface area contributed by atoms with Crippen LogP contribution < -0.4 is 0 Å². The zero-order valence-corrected chi connectivity index (χ0v) is 23.0. The molecule has 2 heterocycles. The van der Waals surface area contributed by atoms with E-state index in [-0.39, 0.29) is 36.6 Å². The molecular formula is C27H23F9N2O4S. The normalized spacial score (nSPS) is 26.5. The fraction of sp³-hybridized carbons (Fsp3) is 0.481. The van der Waals surface area contributed by atoms with Gasteiger partial charge in [0.05, 0.1) is 10.9 Å². The van der Waals surface area contributed by atoms with Gasteiger partial charge in [0.15, 0.2) is 16.0 Å². The maximum Gasteiger partial charge on any atom is 0.435 e. The fourth-order valence-electron chi connectivity index (χ4n) is 6.61. The largest absolute Gasteiger partial charge is 0.435 e. The van der Waals surface area contributed by atoms with Crippen molar-refractivity contribution in [3.63, 3.8) is 0 Å². The van der Waals surface area contributed by atoms with Crippen molar-refractivity contribution in [3.05, 3.63) is 65.0 Å². The van der Waals surface area contributed by atoms with E-state index in [1.807, 2.05) is 0 Å². The van der Waals surface area contributed by atoms with E-state index in [0.29, 0.717) is 12.1 Å². The topological polar surface area (TPSA) is 74.8 Å². The third-order valence-corrected chi connectivity index (χ3v) is 11.3. The predicted molar refractivity (Wildman–Crippen MR) is 131 cm³/mol. The van der Waals surface area contributed by atoms with Gasteiger partial charge in [0.2, 0.25) is 5.91 Å². The van der Waals surface area contributed by atoms with Gasteiger partial charge in [-0.25, -0.2) is 21.6 Å². The Kier molecular flexibility index (Phi) is 7.14. The number of aryl methyl sites for hydroxylation is 1. The number of nitrogens with zero attached hydrogens (tertiary/aromatic N) is 2. The van der Waals surface area contributed by atoms with Crippen molar-refractivity contribution in [1.82, 2.24) is 9.80 Å². The summed E-state index contributed by atoms with van der Waals surface area (Å²) in [6, 6.07) is 2.28. The van der Waals surface area contributed by atoms with Crippen LogP contribution in [0.4, 0.5) is 39.5 Å². The molecule has 43 heavy (non-hydrogen) atoms. The van der Waals surface area contributed by atoms with Gasteiger partial charge in [0.25, 0.3) is 5.91 Å². The summed E-state index contributed by atoms with van der Waals surface area (Å²) in [5.41, 5.74) is -8.08. The summed E-state index contributed by atoms with van der Waals surface area (Å²) < 4.78 is 150. The van der Waals surface area contributed by atoms with Gasteiger partial charge in [-0.05, 0) is 54.7 Å². The van der Waals surface area contributed by atoms with Crippen molar-refractivity contribution < 1.29 is 57.5 Å². The highest BCUT2D eigenvalue weighted by Crippen LogP contribution is 2.57. The molecule has 1 aliphatic carbocycles. The number of halogens is 9. The molecule has 2 aliphatic heterocycles. The lowest BCUT2D eigenvalue weighted by molar-refractivity contribution is -0.348. The Morgan fingerprint density at radius 1 is 0.977 bits per heavy atom. The number of hydrogen-bond donors (Lipinski definition) is 0. The minimum atomic E-state index is -6.40. The highest BCUT2D eigenvalue weighted by atomic mass is 32.2. The van der Waals surface area contributed by atoms with Crippen LogP contribution in [0.15, 0.2) is 47.4 Å². The Labute approximate surface area is 239 Å². The molecule has 0 spiro atoms. The van der Waals surface area contributed by atoms with Crippen LogP contribution in [-0.2, 0) is 36.3 Å². The van der Waals surface area contributed by atoms with Crippen molar-refractivity contribution in [1.29, 1.82) is 0 Å². The average Bonchev–Trinajstić information content (AvgIpc) is 3.45. The van der Waals surface area contributed by atoms with Crippen molar-refractivity contribution in [2.24, 2.45) is 0 Å². The van der Waals surface area contributed by atoms with Gasteiger partial charge in [-0.15, -0.1) is 0 Å². The van der Waals surface area contributed by atoms with Crippen LogP contribution >= 0.6 is 0 Å². The van der Waals surface area contributed by atoms with Crippen molar-refractivity contribution in [2.75, 3.05) is 13.6 Å². The lowest BCUT2D eigenvalue weighted by Crippen LogP contribution is -2.55. The molecule has 3 aliphatic rings. The first kappa shape index (κ1) is 31.1. The Bertz CT molecular complexity index is 1560. The third-order valence-electron chi connectivity index (χ3n) is 8.75. The van der Waals surface area contributed by atoms with Gasteiger partial charge in [-0.3, -0.25) is 9.59 Å². The van der Waals surface area contributed by atoms with E-state index in [1.54, 1.807) is 0 Å². The second kappa shape index (κ2) is 9.86. The molecule has 2 aromatic rings. The molecule has 6 nitrogen and oxygen atoms in total. The molecule has 234 valence electrons. The molecule has 2 amide bonds. The Hall–Kier alpha value is -3.30. The lowest BCUT2D eigenvalue weighted by atomic mass is 9.76. The minimum Gasteiger partial charge on any atom is -0.336 e. The van der Waals surface area contributed by atoms with E-state index in [4.69, 9.17) is 0 Å². The standard InChI is InChI=1S/C27H23F9N2O4S/c1-37-20(13-19(29)22(37)39)23(40)38-11-10-24(43(41,42)17-6-4-16(28)5-7-17)18-8-3-15(12-14(18)2-9-21(24)38)25(30,26(31,32)33)27(34,35)36/h3-8,12,19-21H,2,9-11,13H2,1H3/t19-,20-,21-,24-/m0/s1. The van der Waals surface area contributed by atoms with Gasteiger partial charge in [-0.1, -0.05) is 18.2 Å². The molecule has 0 saturated carbocycles. The molecule has 2 fully saturated rings. The molecule has 0 bridgehead atoms. The Morgan fingerprint density at radius 3 is 2.12 bits per heavy atom. The van der Waals surface area contributed by atoms with Crippen LogP contribution in [0.3, 0.4) is 0 Å². The molecule has 16 heteroatoms. The number of alkyl halides is 8. The molecule has 5 rings (SSSR count). The van der Waals surface area contributed by atoms with E-state index in [9.17, 15) is 57.5 Å². The molecule has 0 aromatic heterocycles. The number of sulfone groups is 1. The summed E-state index contributed by atoms with van der Waals surface area (Å²) in [6.45, 7) is -0.279. The van der Waals surface area contributed by atoms with E-state index in [0.717, 1.165) is 34.1 Å². The summed E-state index contributed by atoms with van der Waals surface area (Å²) in [6.07, 6.45) is -16.3. The third kappa shape index (κ3) is 4.33. The van der Waals surface area contributed by atoms with Crippen LogP contribution in [0.1, 0.15) is 36.0 Å². The molecule has 0 unspecified atom stereocenters. The number of carbonyl (C=O) groups is 2. The van der Waals surface area contributed by atoms with Gasteiger partial charge in [0.1, 0.15) is 16.6 Å². The molecule has 2 aromatic carbocycles. The van der Waals surface area contributed by atoms with Crippen molar-refractivity contribution in [3.8, 4) is 0 Å². The molecule has 2 saturated heterocycles. The van der Waals surface area contributed by atoms with Crippen molar-refractivity contribution in [2.45, 2.75) is 71.6 Å². The number of rotatable bonds is 4. The van der Waals surface area contributed by atoms with E-state index in [2.05, 4.69) is 0 Å². The highest BCUT2D eigenvalue weighted by molar-refractivity contribution is 7.92. The van der Waals surface area contributed by atoms with Crippen LogP contribution in [-0.4, -0.2) is 74.2 Å². The molecule has 4 atom stereocenters. The monoisotopic (exact) mass is 642 g/mol. The van der Waals surface area contributed by atoms with Crippen LogP contribution in [0.25, 0.3) is 0 Å². The number of likely N-dealkylation sites (N-methyl/N-ethyl adjacent to an activating group) is 1. The summed E-state index contributed by atoms with van der Waals surface area (Å²) in [4.78, 5) is 27.2. The van der Waals surface area contributed by atoms with Gasteiger partial charge >= 0.3 is 18.0 Å². The van der Waals surface area contributed by atoms with Crippen LogP contribution in [0.2, 0.25) is 0 Å². The SMILES string of the molecule is CN1C(=O)[C@@H](F)C[C@H]1C(=O)N1CC[C@]2(S(=O)(=O)c3ccc(F)cc3)c3ccc(C(F)(C(F)(F)F)C(F)(F)F)cc3CC[C@H]12.